The maximum absolute atomic E-state index is 12.9. The van der Waals surface area contributed by atoms with E-state index >= 15 is 0 Å². The van der Waals surface area contributed by atoms with Gasteiger partial charge >= 0.3 is 0 Å². The van der Waals surface area contributed by atoms with Crippen LogP contribution in [0.15, 0.2) is 16.9 Å². The molecule has 0 radical (unpaired) electrons. The zero-order valence-corrected chi connectivity index (χ0v) is 15.9. The van der Waals surface area contributed by atoms with Gasteiger partial charge in [-0.3, -0.25) is 4.79 Å². The van der Waals surface area contributed by atoms with Crippen molar-refractivity contribution in [3.8, 4) is 0 Å². The van der Waals surface area contributed by atoms with Crippen LogP contribution in [-0.2, 0) is 0 Å². The van der Waals surface area contributed by atoms with Crippen LogP contribution < -0.4 is 4.90 Å². The smallest absolute Gasteiger partial charge is 0.259 e. The largest absolute Gasteiger partial charge is 0.361 e. The third-order valence-electron chi connectivity index (χ3n) is 6.54. The number of carbonyl (C=O) groups is 1. The minimum Gasteiger partial charge on any atom is -0.361 e. The summed E-state index contributed by atoms with van der Waals surface area (Å²) in [5, 5.41) is 3.92. The quantitative estimate of drug-likeness (QED) is 0.830. The molecule has 2 unspecified atom stereocenters. The molecule has 3 fully saturated rings. The summed E-state index contributed by atoms with van der Waals surface area (Å²) in [6.07, 6.45) is 5.53. The maximum Gasteiger partial charge on any atom is 0.259 e. The van der Waals surface area contributed by atoms with Crippen LogP contribution in [0.5, 0.6) is 0 Å². The third kappa shape index (κ3) is 2.80. The molecule has 0 aromatic carbocycles. The molecule has 2 aliphatic heterocycles. The van der Waals surface area contributed by atoms with E-state index in [0.717, 1.165) is 32.0 Å². The van der Waals surface area contributed by atoms with Crippen LogP contribution >= 0.6 is 0 Å². The number of fused-ring (bicyclic) bond motifs is 1. The minimum atomic E-state index is 0.0569. The predicted octanol–water partition coefficient (Wildman–Crippen LogP) is 2.56. The van der Waals surface area contributed by atoms with Gasteiger partial charge in [-0.05, 0) is 26.7 Å². The first-order valence-electron chi connectivity index (χ1n) is 9.89. The van der Waals surface area contributed by atoms with Crippen LogP contribution in [0, 0.1) is 25.7 Å². The van der Waals surface area contributed by atoms with Crippen LogP contribution in [0.3, 0.4) is 0 Å². The molecule has 0 bridgehead atoms. The van der Waals surface area contributed by atoms with Gasteiger partial charge in [-0.15, -0.1) is 0 Å². The number of anilines is 1. The summed E-state index contributed by atoms with van der Waals surface area (Å²) in [6.45, 7) is 7.14. The molecular formula is C20H25N5O2. The Labute approximate surface area is 158 Å². The standard InChI is InChI=1S/C20H25N5O2/c1-12-19(13(2)27-23-12)20(26)25-9-15-7-24(8-16(15)10-25)18-6-17(21-11-22-18)14-4-3-5-14/h6,11,14-16H,3-5,7-10H2,1-2H3. The number of hydrogen-bond acceptors (Lipinski definition) is 6. The zero-order chi connectivity index (χ0) is 18.5. The number of aryl methyl sites for hydroxylation is 2. The highest BCUT2D eigenvalue weighted by Gasteiger charge is 2.43. The Bertz CT molecular complexity index is 842. The van der Waals surface area contributed by atoms with Crippen LogP contribution in [-0.4, -0.2) is 52.1 Å². The van der Waals surface area contributed by atoms with Gasteiger partial charge in [-0.2, -0.15) is 0 Å². The molecule has 142 valence electrons. The Morgan fingerprint density at radius 2 is 1.85 bits per heavy atom. The van der Waals surface area contributed by atoms with E-state index in [2.05, 4.69) is 26.1 Å². The van der Waals surface area contributed by atoms with Gasteiger partial charge in [-0.1, -0.05) is 11.6 Å². The Hall–Kier alpha value is -2.44. The van der Waals surface area contributed by atoms with Gasteiger partial charge in [0.25, 0.3) is 5.91 Å². The number of likely N-dealkylation sites (tertiary alicyclic amines) is 1. The summed E-state index contributed by atoms with van der Waals surface area (Å²) in [6, 6.07) is 2.18. The highest BCUT2D eigenvalue weighted by molar-refractivity contribution is 5.96. The van der Waals surface area contributed by atoms with E-state index < -0.39 is 0 Å². The first-order chi connectivity index (χ1) is 13.1. The zero-order valence-electron chi connectivity index (χ0n) is 15.9. The molecule has 1 amide bonds. The number of carbonyl (C=O) groups excluding carboxylic acids is 1. The molecule has 2 saturated heterocycles. The summed E-state index contributed by atoms with van der Waals surface area (Å²) in [5.74, 6) is 3.33. The van der Waals surface area contributed by atoms with E-state index in [0.29, 0.717) is 34.8 Å². The first-order valence-corrected chi connectivity index (χ1v) is 9.89. The predicted molar refractivity (Wildman–Crippen MR) is 99.7 cm³/mol. The minimum absolute atomic E-state index is 0.0569. The maximum atomic E-state index is 12.9. The molecule has 3 aliphatic rings. The average Bonchev–Trinajstić information content (AvgIpc) is 3.26. The van der Waals surface area contributed by atoms with Crippen LogP contribution in [0.4, 0.5) is 5.82 Å². The van der Waals surface area contributed by atoms with Crippen LogP contribution in [0.2, 0.25) is 0 Å². The first kappa shape index (κ1) is 16.7. The fourth-order valence-corrected chi connectivity index (χ4v) is 4.75. The van der Waals surface area contributed by atoms with Crippen LogP contribution in [0.1, 0.15) is 52.7 Å². The van der Waals surface area contributed by atoms with Gasteiger partial charge in [0.15, 0.2) is 0 Å². The van der Waals surface area contributed by atoms with Crippen molar-refractivity contribution in [3.05, 3.63) is 35.1 Å². The third-order valence-corrected chi connectivity index (χ3v) is 6.54. The lowest BCUT2D eigenvalue weighted by atomic mass is 9.83. The second-order valence-electron chi connectivity index (χ2n) is 8.26. The van der Waals surface area contributed by atoms with Gasteiger partial charge in [-0.25, -0.2) is 9.97 Å². The Kier molecular flexibility index (Phi) is 3.91. The summed E-state index contributed by atoms with van der Waals surface area (Å²) >= 11 is 0. The van der Waals surface area contributed by atoms with E-state index in [9.17, 15) is 4.79 Å². The summed E-state index contributed by atoms with van der Waals surface area (Å²) < 4.78 is 5.17. The topological polar surface area (TPSA) is 75.4 Å². The second kappa shape index (κ2) is 6.32. The lowest BCUT2D eigenvalue weighted by Gasteiger charge is -2.26. The fraction of sp³-hybridized carbons (Fsp3) is 0.600. The summed E-state index contributed by atoms with van der Waals surface area (Å²) in [5.41, 5.74) is 2.51. The molecule has 4 heterocycles. The molecule has 2 aromatic rings. The Morgan fingerprint density at radius 1 is 1.11 bits per heavy atom. The summed E-state index contributed by atoms with van der Waals surface area (Å²) in [4.78, 5) is 26.2. The van der Waals surface area contributed by atoms with Crippen molar-refractivity contribution in [2.45, 2.75) is 39.0 Å². The van der Waals surface area contributed by atoms with E-state index in [1.54, 1.807) is 13.3 Å². The number of aromatic nitrogens is 3. The van der Waals surface area contributed by atoms with Gasteiger partial charge in [0.1, 0.15) is 23.5 Å². The molecule has 7 heteroatoms. The van der Waals surface area contributed by atoms with Crippen molar-refractivity contribution in [2.75, 3.05) is 31.1 Å². The normalized spacial score (nSPS) is 25.0. The lowest BCUT2D eigenvalue weighted by molar-refractivity contribution is 0.0780. The van der Waals surface area contributed by atoms with Crippen molar-refractivity contribution in [2.24, 2.45) is 11.8 Å². The molecule has 5 rings (SSSR count). The molecule has 0 N–H and O–H groups in total. The van der Waals surface area contributed by atoms with Crippen molar-refractivity contribution >= 4 is 11.7 Å². The molecular weight excluding hydrogens is 342 g/mol. The number of hydrogen-bond donors (Lipinski definition) is 0. The highest BCUT2D eigenvalue weighted by atomic mass is 16.5. The number of nitrogens with zero attached hydrogens (tertiary/aromatic N) is 5. The molecule has 27 heavy (non-hydrogen) atoms. The monoisotopic (exact) mass is 367 g/mol. The lowest BCUT2D eigenvalue weighted by Crippen LogP contribution is -2.34. The Balaban J connectivity index is 1.27. The Morgan fingerprint density at radius 3 is 2.44 bits per heavy atom. The number of amides is 1. The van der Waals surface area contributed by atoms with Gasteiger partial charge in [0, 0.05) is 55.7 Å². The van der Waals surface area contributed by atoms with Crippen molar-refractivity contribution in [1.82, 2.24) is 20.0 Å². The molecule has 1 aliphatic carbocycles. The molecule has 7 nitrogen and oxygen atoms in total. The fourth-order valence-electron chi connectivity index (χ4n) is 4.75. The van der Waals surface area contributed by atoms with E-state index in [4.69, 9.17) is 4.52 Å². The average molecular weight is 367 g/mol. The van der Waals surface area contributed by atoms with Crippen molar-refractivity contribution in [1.29, 1.82) is 0 Å². The molecule has 2 atom stereocenters. The molecule has 0 spiro atoms. The van der Waals surface area contributed by atoms with Gasteiger partial charge < -0.3 is 14.3 Å². The van der Waals surface area contributed by atoms with Crippen molar-refractivity contribution in [3.63, 3.8) is 0 Å². The summed E-state index contributed by atoms with van der Waals surface area (Å²) in [7, 11) is 0. The van der Waals surface area contributed by atoms with E-state index in [1.165, 1.54) is 25.0 Å². The van der Waals surface area contributed by atoms with Gasteiger partial charge in [0.2, 0.25) is 0 Å². The molecule has 2 aromatic heterocycles. The van der Waals surface area contributed by atoms with E-state index in [-0.39, 0.29) is 5.91 Å². The highest BCUT2D eigenvalue weighted by Crippen LogP contribution is 2.38. The molecule has 1 saturated carbocycles. The van der Waals surface area contributed by atoms with Crippen molar-refractivity contribution < 1.29 is 9.32 Å². The SMILES string of the molecule is Cc1noc(C)c1C(=O)N1CC2CN(c3cc(C4CCC4)ncn3)CC2C1. The van der Waals surface area contributed by atoms with Gasteiger partial charge in [0.05, 0.1) is 5.69 Å². The second-order valence-corrected chi connectivity index (χ2v) is 8.26. The van der Waals surface area contributed by atoms with E-state index in [1.807, 2.05) is 11.8 Å². The number of rotatable bonds is 3. The van der Waals surface area contributed by atoms with Crippen LogP contribution in [0.25, 0.3) is 0 Å².